The zero-order valence-electron chi connectivity index (χ0n) is 17.0. The van der Waals surface area contributed by atoms with Crippen LogP contribution in [0.2, 0.25) is 0 Å². The van der Waals surface area contributed by atoms with E-state index in [4.69, 9.17) is 0 Å². The monoisotopic (exact) mass is 380 g/mol. The molecule has 0 fully saturated rings. The van der Waals surface area contributed by atoms with E-state index in [1.54, 1.807) is 19.1 Å². The van der Waals surface area contributed by atoms with Crippen molar-refractivity contribution in [2.75, 3.05) is 0 Å². The van der Waals surface area contributed by atoms with E-state index in [9.17, 15) is 18.0 Å². The van der Waals surface area contributed by atoms with Crippen LogP contribution in [0, 0.1) is 17.5 Å². The Labute approximate surface area is 161 Å². The maximum atomic E-state index is 14.2. The normalized spacial score (nSPS) is 9.63. The molecule has 0 aromatic heterocycles. The summed E-state index contributed by atoms with van der Waals surface area (Å²) in [5, 5.41) is 0. The molecule has 0 atom stereocenters. The third-order valence-corrected chi connectivity index (χ3v) is 3.76. The molecule has 150 valence electrons. The first-order chi connectivity index (χ1) is 13.0. The highest BCUT2D eigenvalue weighted by molar-refractivity contribution is 5.75. The number of rotatable bonds is 7. The first-order valence-corrected chi connectivity index (χ1v) is 9.70. The van der Waals surface area contributed by atoms with Gasteiger partial charge in [0.2, 0.25) is 0 Å². The number of aryl methyl sites for hydroxylation is 1. The summed E-state index contributed by atoms with van der Waals surface area (Å²) in [7, 11) is 0. The van der Waals surface area contributed by atoms with Gasteiger partial charge in [-0.2, -0.15) is 0 Å². The molecule has 1 nitrogen and oxygen atoms in total. The minimum absolute atomic E-state index is 0.187. The Morgan fingerprint density at radius 3 is 2.00 bits per heavy atom. The van der Waals surface area contributed by atoms with Crippen molar-refractivity contribution in [3.63, 3.8) is 0 Å². The molecule has 0 aliphatic heterocycles. The fourth-order valence-electron chi connectivity index (χ4n) is 2.49. The highest BCUT2D eigenvalue weighted by Gasteiger charge is 2.09. The number of benzene rings is 2. The number of Topliss-reactive ketones (excluding diaryl/α,β-unsaturated/α-hetero) is 1. The van der Waals surface area contributed by atoms with Gasteiger partial charge in [-0.05, 0) is 55.5 Å². The van der Waals surface area contributed by atoms with Gasteiger partial charge in [0.15, 0.2) is 11.6 Å². The summed E-state index contributed by atoms with van der Waals surface area (Å²) in [5.74, 6) is -2.20. The second-order valence-electron chi connectivity index (χ2n) is 5.71. The number of halogens is 3. The van der Waals surface area contributed by atoms with Gasteiger partial charge in [-0.3, -0.25) is 0 Å². The van der Waals surface area contributed by atoms with Gasteiger partial charge in [0.1, 0.15) is 11.6 Å². The third-order valence-electron chi connectivity index (χ3n) is 3.76. The van der Waals surface area contributed by atoms with Crippen LogP contribution in [0.1, 0.15) is 65.9 Å². The molecule has 0 spiro atoms. The second-order valence-corrected chi connectivity index (χ2v) is 5.71. The fraction of sp³-hybridized carbons (Fsp3) is 0.435. The van der Waals surface area contributed by atoms with Crippen molar-refractivity contribution in [1.82, 2.24) is 0 Å². The predicted molar refractivity (Wildman–Crippen MR) is 107 cm³/mol. The Hall–Kier alpha value is -2.10. The molecule has 4 heteroatoms. The second kappa shape index (κ2) is 14.0. The summed E-state index contributed by atoms with van der Waals surface area (Å²) in [6.07, 6.45) is 3.98. The van der Waals surface area contributed by atoms with Crippen molar-refractivity contribution in [3.8, 4) is 11.1 Å². The lowest BCUT2D eigenvalue weighted by molar-refractivity contribution is -0.117. The van der Waals surface area contributed by atoms with Gasteiger partial charge in [-0.25, -0.2) is 13.2 Å². The van der Waals surface area contributed by atoms with E-state index in [-0.39, 0.29) is 11.3 Å². The Morgan fingerprint density at radius 1 is 0.778 bits per heavy atom. The molecule has 0 N–H and O–H groups in total. The number of ketones is 1. The molecule has 2 aromatic rings. The first kappa shape index (κ1) is 24.9. The summed E-state index contributed by atoms with van der Waals surface area (Å²) in [5.41, 5.74) is 1.43. The number of hydrogen-bond acceptors (Lipinski definition) is 1. The highest BCUT2D eigenvalue weighted by Crippen LogP contribution is 2.25. The van der Waals surface area contributed by atoms with Crippen LogP contribution in [-0.4, -0.2) is 5.78 Å². The standard InChI is InChI=1S/C19H19F3O.2C2H6/c1-13(23)5-3-2-4-6-14-7-9-16(18(21)11-14)15-8-10-17(20)19(22)12-15;2*1-2/h7-12H,2-6H2,1H3;2*1-2H3. The molecule has 0 unspecified atom stereocenters. The van der Waals surface area contributed by atoms with Crippen LogP contribution in [0.5, 0.6) is 0 Å². The lowest BCUT2D eigenvalue weighted by Crippen LogP contribution is -1.93. The molecule has 27 heavy (non-hydrogen) atoms. The van der Waals surface area contributed by atoms with E-state index in [0.29, 0.717) is 12.0 Å². The number of hydrogen-bond donors (Lipinski definition) is 0. The maximum Gasteiger partial charge on any atom is 0.159 e. The highest BCUT2D eigenvalue weighted by atomic mass is 19.2. The Morgan fingerprint density at radius 2 is 1.44 bits per heavy atom. The van der Waals surface area contributed by atoms with E-state index < -0.39 is 17.5 Å². The van der Waals surface area contributed by atoms with Crippen molar-refractivity contribution in [2.24, 2.45) is 0 Å². The average Bonchev–Trinajstić information content (AvgIpc) is 2.67. The van der Waals surface area contributed by atoms with Crippen molar-refractivity contribution in [3.05, 3.63) is 59.4 Å². The molecule has 2 rings (SSSR count). The lowest BCUT2D eigenvalue weighted by Gasteiger charge is -2.07. The van der Waals surface area contributed by atoms with Crippen LogP contribution in [0.3, 0.4) is 0 Å². The summed E-state index contributed by atoms with van der Waals surface area (Å²) < 4.78 is 40.4. The minimum atomic E-state index is -0.989. The lowest BCUT2D eigenvalue weighted by atomic mass is 10.00. The van der Waals surface area contributed by atoms with Crippen LogP contribution in [0.15, 0.2) is 36.4 Å². The molecule has 0 saturated heterocycles. The average molecular weight is 380 g/mol. The van der Waals surface area contributed by atoms with Crippen molar-refractivity contribution in [1.29, 1.82) is 0 Å². The Balaban J connectivity index is 0.00000158. The first-order valence-electron chi connectivity index (χ1n) is 9.70. The molecule has 2 aromatic carbocycles. The largest absolute Gasteiger partial charge is 0.300 e. The van der Waals surface area contributed by atoms with E-state index in [2.05, 4.69) is 0 Å². The molecule has 0 saturated carbocycles. The number of carbonyl (C=O) groups excluding carboxylic acids is 1. The Bertz CT molecular complexity index is 696. The molecule has 0 aliphatic carbocycles. The molecule has 0 bridgehead atoms. The fourth-order valence-corrected chi connectivity index (χ4v) is 2.49. The van der Waals surface area contributed by atoms with Gasteiger partial charge in [0, 0.05) is 12.0 Å². The van der Waals surface area contributed by atoms with Crippen LogP contribution in [0.25, 0.3) is 11.1 Å². The summed E-state index contributed by atoms with van der Waals surface area (Å²) in [6.45, 7) is 9.58. The van der Waals surface area contributed by atoms with Gasteiger partial charge in [-0.15, -0.1) is 0 Å². The zero-order valence-corrected chi connectivity index (χ0v) is 17.0. The number of carbonyl (C=O) groups is 1. The predicted octanol–water partition coefficient (Wildman–Crippen LogP) is 7.52. The molecule has 0 amide bonds. The van der Waals surface area contributed by atoms with Crippen LogP contribution in [-0.2, 0) is 11.2 Å². The van der Waals surface area contributed by atoms with E-state index in [1.165, 1.54) is 12.1 Å². The molecule has 0 radical (unpaired) electrons. The quantitative estimate of drug-likeness (QED) is 0.454. The molecule has 0 aliphatic rings. The van der Waals surface area contributed by atoms with Gasteiger partial charge in [0.25, 0.3) is 0 Å². The van der Waals surface area contributed by atoms with Crippen molar-refractivity contribution in [2.45, 2.75) is 66.7 Å². The molecule has 0 heterocycles. The van der Waals surface area contributed by atoms with Gasteiger partial charge < -0.3 is 4.79 Å². The number of unbranched alkanes of at least 4 members (excludes halogenated alkanes) is 2. The van der Waals surface area contributed by atoms with E-state index >= 15 is 0 Å². The van der Waals surface area contributed by atoms with Crippen LogP contribution in [0.4, 0.5) is 13.2 Å². The SMILES string of the molecule is CC.CC.CC(=O)CCCCCc1ccc(-c2ccc(F)c(F)c2)c(F)c1. The van der Waals surface area contributed by atoms with Gasteiger partial charge in [0.05, 0.1) is 0 Å². The van der Waals surface area contributed by atoms with Crippen LogP contribution >= 0.6 is 0 Å². The summed E-state index contributed by atoms with van der Waals surface area (Å²) in [4.78, 5) is 10.8. The third kappa shape index (κ3) is 8.89. The van der Waals surface area contributed by atoms with Crippen LogP contribution < -0.4 is 0 Å². The van der Waals surface area contributed by atoms with Gasteiger partial charge >= 0.3 is 0 Å². The summed E-state index contributed by atoms with van der Waals surface area (Å²) >= 11 is 0. The molecular weight excluding hydrogens is 349 g/mol. The zero-order chi connectivity index (χ0) is 20.8. The van der Waals surface area contributed by atoms with E-state index in [1.807, 2.05) is 27.7 Å². The van der Waals surface area contributed by atoms with Gasteiger partial charge in [-0.1, -0.05) is 52.3 Å². The summed E-state index contributed by atoms with van der Waals surface area (Å²) in [6, 6.07) is 8.17. The van der Waals surface area contributed by atoms with E-state index in [0.717, 1.165) is 43.4 Å². The Kier molecular flexibility index (Phi) is 12.9. The maximum absolute atomic E-state index is 14.2. The topological polar surface area (TPSA) is 17.1 Å². The van der Waals surface area contributed by atoms with Crippen molar-refractivity contribution < 1.29 is 18.0 Å². The molecular formula is C23H31F3O. The smallest absolute Gasteiger partial charge is 0.159 e. The van der Waals surface area contributed by atoms with Crippen molar-refractivity contribution >= 4 is 5.78 Å². The minimum Gasteiger partial charge on any atom is -0.300 e.